The van der Waals surface area contributed by atoms with E-state index in [4.69, 9.17) is 5.11 Å². The van der Waals surface area contributed by atoms with Gasteiger partial charge in [-0.05, 0) is 31.4 Å². The number of halogens is 2. The largest absolute Gasteiger partial charge is 0.481 e. The summed E-state index contributed by atoms with van der Waals surface area (Å²) >= 11 is 2.32. The highest BCUT2D eigenvalue weighted by Gasteiger charge is 2.33. The molecule has 1 aliphatic rings. The minimum absolute atomic E-state index is 0.0781. The van der Waals surface area contributed by atoms with E-state index in [2.05, 4.69) is 4.98 Å². The van der Waals surface area contributed by atoms with E-state index in [1.54, 1.807) is 7.05 Å². The SMILES string of the molecule is CN(C(=O)N(c1ccc(F)c(F)c1)C1CCC1)c1ncc(SCC(=O)O)s1. The van der Waals surface area contributed by atoms with Gasteiger partial charge < -0.3 is 5.11 Å². The van der Waals surface area contributed by atoms with Gasteiger partial charge in [0, 0.05) is 24.8 Å². The molecule has 27 heavy (non-hydrogen) atoms. The van der Waals surface area contributed by atoms with Gasteiger partial charge in [0.2, 0.25) is 0 Å². The average Bonchev–Trinajstić information content (AvgIpc) is 3.06. The van der Waals surface area contributed by atoms with Crippen molar-refractivity contribution in [3.05, 3.63) is 36.0 Å². The highest BCUT2D eigenvalue weighted by molar-refractivity contribution is 8.01. The first kappa shape index (κ1) is 19.6. The van der Waals surface area contributed by atoms with E-state index in [9.17, 15) is 18.4 Å². The molecule has 1 heterocycles. The molecule has 3 rings (SSSR count). The second-order valence-electron chi connectivity index (χ2n) is 6.04. The van der Waals surface area contributed by atoms with Gasteiger partial charge in [0.1, 0.15) is 0 Å². The number of hydrogen-bond acceptors (Lipinski definition) is 5. The average molecular weight is 413 g/mol. The highest BCUT2D eigenvalue weighted by atomic mass is 32.2. The van der Waals surface area contributed by atoms with E-state index in [-0.39, 0.29) is 11.8 Å². The van der Waals surface area contributed by atoms with Gasteiger partial charge in [-0.25, -0.2) is 18.6 Å². The number of aromatic nitrogens is 1. The number of thiazole rings is 1. The molecular formula is C17H17F2N3O3S2. The lowest BCUT2D eigenvalue weighted by molar-refractivity contribution is -0.133. The standard InChI is InChI=1S/C17H17F2N3O3S2/c1-21(16-20-8-15(27-16)26-9-14(23)24)17(25)22(10-3-2-4-10)11-5-6-12(18)13(19)7-11/h5-8,10H,2-4,9H2,1H3,(H,23,24). The maximum Gasteiger partial charge on any atom is 0.330 e. The number of aliphatic carboxylic acids is 1. The topological polar surface area (TPSA) is 73.7 Å². The summed E-state index contributed by atoms with van der Waals surface area (Å²) in [4.78, 5) is 30.7. The van der Waals surface area contributed by atoms with Crippen molar-refractivity contribution < 1.29 is 23.5 Å². The lowest BCUT2D eigenvalue weighted by Gasteiger charge is -2.39. The summed E-state index contributed by atoms with van der Waals surface area (Å²) in [5.74, 6) is -3.00. The third-order valence-corrected chi connectivity index (χ3v) is 6.46. The van der Waals surface area contributed by atoms with Crippen LogP contribution in [0.25, 0.3) is 0 Å². The highest BCUT2D eigenvalue weighted by Crippen LogP contribution is 2.34. The molecule has 1 aromatic heterocycles. The zero-order valence-electron chi connectivity index (χ0n) is 14.4. The zero-order valence-corrected chi connectivity index (χ0v) is 16.0. The number of hydrogen-bond donors (Lipinski definition) is 1. The summed E-state index contributed by atoms with van der Waals surface area (Å²) in [7, 11) is 1.55. The molecule has 6 nitrogen and oxygen atoms in total. The summed E-state index contributed by atoms with van der Waals surface area (Å²) < 4.78 is 27.6. The van der Waals surface area contributed by atoms with Crippen LogP contribution in [-0.4, -0.2) is 40.9 Å². The Bertz CT molecular complexity index is 858. The number of thioether (sulfide) groups is 1. The number of anilines is 2. The maximum atomic E-state index is 13.7. The van der Waals surface area contributed by atoms with Crippen molar-refractivity contribution in [2.24, 2.45) is 0 Å². The predicted molar refractivity (Wildman–Crippen MR) is 101 cm³/mol. The van der Waals surface area contributed by atoms with Crippen molar-refractivity contribution in [1.29, 1.82) is 0 Å². The Morgan fingerprint density at radius 1 is 1.33 bits per heavy atom. The van der Waals surface area contributed by atoms with E-state index in [0.717, 1.165) is 43.2 Å². The molecule has 144 valence electrons. The van der Waals surface area contributed by atoms with Crippen LogP contribution in [0.1, 0.15) is 19.3 Å². The number of rotatable bonds is 6. The Morgan fingerprint density at radius 3 is 2.67 bits per heavy atom. The molecule has 1 aromatic carbocycles. The van der Waals surface area contributed by atoms with Crippen molar-refractivity contribution in [2.75, 3.05) is 22.6 Å². The van der Waals surface area contributed by atoms with Gasteiger partial charge in [-0.3, -0.25) is 14.6 Å². The van der Waals surface area contributed by atoms with Crippen molar-refractivity contribution in [2.45, 2.75) is 29.5 Å². The fraction of sp³-hybridized carbons (Fsp3) is 0.353. The lowest BCUT2D eigenvalue weighted by atomic mass is 9.91. The van der Waals surface area contributed by atoms with E-state index in [1.165, 1.54) is 33.4 Å². The van der Waals surface area contributed by atoms with Gasteiger partial charge in [0.15, 0.2) is 16.8 Å². The van der Waals surface area contributed by atoms with Crippen molar-refractivity contribution in [1.82, 2.24) is 4.98 Å². The summed E-state index contributed by atoms with van der Waals surface area (Å²) in [5, 5.41) is 9.15. The molecular weight excluding hydrogens is 396 g/mol. The van der Waals surface area contributed by atoms with E-state index in [1.807, 2.05) is 0 Å². The summed E-state index contributed by atoms with van der Waals surface area (Å²) in [5.41, 5.74) is 0.299. The zero-order chi connectivity index (χ0) is 19.6. The van der Waals surface area contributed by atoms with E-state index < -0.39 is 23.6 Å². The Hall–Kier alpha value is -2.20. The van der Waals surface area contributed by atoms with Crippen LogP contribution in [0.15, 0.2) is 28.6 Å². The fourth-order valence-corrected chi connectivity index (χ4v) is 4.24. The van der Waals surface area contributed by atoms with Crippen LogP contribution < -0.4 is 9.80 Å². The number of nitrogens with zero attached hydrogens (tertiary/aromatic N) is 3. The molecule has 1 N–H and O–H groups in total. The Kier molecular flexibility index (Phi) is 5.95. The summed E-state index contributed by atoms with van der Waals surface area (Å²) in [6.07, 6.45) is 4.06. The molecule has 0 unspecified atom stereocenters. The van der Waals surface area contributed by atoms with Crippen LogP contribution in [0.3, 0.4) is 0 Å². The first-order valence-corrected chi connectivity index (χ1v) is 9.99. The first-order chi connectivity index (χ1) is 12.9. The third kappa shape index (κ3) is 4.38. The molecule has 0 spiro atoms. The van der Waals surface area contributed by atoms with Gasteiger partial charge in [-0.2, -0.15) is 0 Å². The number of amides is 2. The van der Waals surface area contributed by atoms with E-state index in [0.29, 0.717) is 15.0 Å². The number of carboxylic acid groups (broad SMARTS) is 1. The smallest absolute Gasteiger partial charge is 0.330 e. The van der Waals surface area contributed by atoms with Gasteiger partial charge in [-0.1, -0.05) is 11.3 Å². The second kappa shape index (κ2) is 8.22. The Morgan fingerprint density at radius 2 is 2.07 bits per heavy atom. The van der Waals surface area contributed by atoms with Crippen LogP contribution in [0, 0.1) is 11.6 Å². The Labute approximate surface area is 162 Å². The number of carbonyl (C=O) groups is 2. The quantitative estimate of drug-likeness (QED) is 0.718. The van der Waals surface area contributed by atoms with Crippen LogP contribution in [-0.2, 0) is 4.79 Å². The number of benzene rings is 1. The second-order valence-corrected chi connectivity index (χ2v) is 8.32. The molecule has 2 aromatic rings. The van der Waals surface area contributed by atoms with Crippen LogP contribution >= 0.6 is 23.1 Å². The monoisotopic (exact) mass is 413 g/mol. The van der Waals surface area contributed by atoms with Gasteiger partial charge in [0.25, 0.3) is 0 Å². The Balaban J connectivity index is 1.81. The predicted octanol–water partition coefficient (Wildman–Crippen LogP) is 4.21. The number of carbonyl (C=O) groups excluding carboxylic acids is 1. The molecule has 10 heteroatoms. The van der Waals surface area contributed by atoms with Crippen molar-refractivity contribution in [3.8, 4) is 0 Å². The first-order valence-electron chi connectivity index (χ1n) is 8.19. The molecule has 1 saturated carbocycles. The van der Waals surface area contributed by atoms with Crippen molar-refractivity contribution >= 4 is 45.9 Å². The normalized spacial score (nSPS) is 13.9. The summed E-state index contributed by atoms with van der Waals surface area (Å²) in [6.45, 7) is 0. The van der Waals surface area contributed by atoms with Gasteiger partial charge >= 0.3 is 12.0 Å². The molecule has 1 aliphatic carbocycles. The van der Waals surface area contributed by atoms with Crippen LogP contribution in [0.4, 0.5) is 24.4 Å². The van der Waals surface area contributed by atoms with Crippen LogP contribution in [0.5, 0.6) is 0 Å². The minimum atomic E-state index is -1.01. The third-order valence-electron chi connectivity index (χ3n) is 4.21. The number of urea groups is 1. The molecule has 2 amide bonds. The molecule has 0 bridgehead atoms. The molecule has 0 atom stereocenters. The molecule has 0 aliphatic heterocycles. The summed E-state index contributed by atoms with van der Waals surface area (Å²) in [6, 6.07) is 2.95. The van der Waals surface area contributed by atoms with Crippen LogP contribution in [0.2, 0.25) is 0 Å². The minimum Gasteiger partial charge on any atom is -0.481 e. The lowest BCUT2D eigenvalue weighted by Crippen LogP contribution is -2.50. The fourth-order valence-electron chi connectivity index (χ4n) is 2.61. The molecule has 1 fully saturated rings. The van der Waals surface area contributed by atoms with E-state index >= 15 is 0 Å². The number of carboxylic acids is 1. The molecule has 0 radical (unpaired) electrons. The van der Waals surface area contributed by atoms with Gasteiger partial charge in [0.05, 0.1) is 16.2 Å². The molecule has 0 saturated heterocycles. The van der Waals surface area contributed by atoms with Crippen molar-refractivity contribution in [3.63, 3.8) is 0 Å². The van der Waals surface area contributed by atoms with Gasteiger partial charge in [-0.15, -0.1) is 11.8 Å². The maximum absolute atomic E-state index is 13.7.